The Morgan fingerprint density at radius 1 is 1.28 bits per heavy atom. The van der Waals surface area contributed by atoms with Gasteiger partial charge >= 0.3 is 0 Å². The summed E-state index contributed by atoms with van der Waals surface area (Å²) in [6.07, 6.45) is 3.49. The van der Waals surface area contributed by atoms with Gasteiger partial charge in [0.25, 0.3) is 0 Å². The molecule has 0 heterocycles. The standard InChI is InChI=1S/C15H22ClNO/c1-4-5-6-12-7-9-13(10-8-12)17-14(18)15(2,3)11-16/h7-10H,4-6,11H2,1-3H3,(H,17,18). The lowest BCUT2D eigenvalue weighted by Gasteiger charge is -2.20. The molecule has 0 aliphatic heterocycles. The highest BCUT2D eigenvalue weighted by Gasteiger charge is 2.26. The summed E-state index contributed by atoms with van der Waals surface area (Å²) in [6, 6.07) is 8.04. The van der Waals surface area contributed by atoms with E-state index < -0.39 is 5.41 Å². The highest BCUT2D eigenvalue weighted by molar-refractivity contribution is 6.20. The van der Waals surface area contributed by atoms with Crippen LogP contribution >= 0.6 is 11.6 Å². The van der Waals surface area contributed by atoms with Gasteiger partial charge in [0.05, 0.1) is 5.41 Å². The minimum atomic E-state index is -0.539. The number of alkyl halides is 1. The molecule has 1 rings (SSSR count). The second-order valence-corrected chi connectivity index (χ2v) is 5.54. The van der Waals surface area contributed by atoms with E-state index in [1.165, 1.54) is 18.4 Å². The molecule has 0 aliphatic carbocycles. The van der Waals surface area contributed by atoms with Crippen LogP contribution in [0.1, 0.15) is 39.2 Å². The monoisotopic (exact) mass is 267 g/mol. The van der Waals surface area contributed by atoms with Crippen molar-refractivity contribution < 1.29 is 4.79 Å². The SMILES string of the molecule is CCCCc1ccc(NC(=O)C(C)(C)CCl)cc1. The highest BCUT2D eigenvalue weighted by atomic mass is 35.5. The zero-order chi connectivity index (χ0) is 13.6. The van der Waals surface area contributed by atoms with Gasteiger partial charge in [0.1, 0.15) is 0 Å². The molecule has 2 nitrogen and oxygen atoms in total. The van der Waals surface area contributed by atoms with Crippen LogP contribution in [0.25, 0.3) is 0 Å². The Morgan fingerprint density at radius 3 is 2.39 bits per heavy atom. The highest BCUT2D eigenvalue weighted by Crippen LogP contribution is 2.20. The Hall–Kier alpha value is -1.02. The van der Waals surface area contributed by atoms with Crippen LogP contribution in [-0.4, -0.2) is 11.8 Å². The summed E-state index contributed by atoms with van der Waals surface area (Å²) in [4.78, 5) is 11.9. The van der Waals surface area contributed by atoms with E-state index in [0.29, 0.717) is 5.88 Å². The molecule has 1 N–H and O–H groups in total. The molecule has 1 aromatic carbocycles. The number of anilines is 1. The second kappa shape index (κ2) is 6.79. The first-order valence-corrected chi connectivity index (χ1v) is 6.99. The molecule has 3 heteroatoms. The summed E-state index contributed by atoms with van der Waals surface area (Å²) in [5.74, 6) is 0.270. The molecule has 0 spiro atoms. The predicted molar refractivity (Wildman–Crippen MR) is 78.2 cm³/mol. The fourth-order valence-corrected chi connectivity index (χ4v) is 1.62. The molecule has 18 heavy (non-hydrogen) atoms. The molecule has 0 radical (unpaired) electrons. The van der Waals surface area contributed by atoms with E-state index >= 15 is 0 Å². The Balaban J connectivity index is 2.61. The maximum atomic E-state index is 11.9. The Labute approximate surface area is 115 Å². The fourth-order valence-electron chi connectivity index (χ4n) is 1.50. The van der Waals surface area contributed by atoms with Crippen LogP contribution < -0.4 is 5.32 Å². The van der Waals surface area contributed by atoms with E-state index in [1.807, 2.05) is 26.0 Å². The van der Waals surface area contributed by atoms with Crippen molar-refractivity contribution in [3.8, 4) is 0 Å². The second-order valence-electron chi connectivity index (χ2n) is 5.27. The largest absolute Gasteiger partial charge is 0.326 e. The average Bonchev–Trinajstić information content (AvgIpc) is 2.37. The lowest BCUT2D eigenvalue weighted by atomic mass is 9.95. The van der Waals surface area contributed by atoms with E-state index in [1.54, 1.807) is 0 Å². The molecule has 0 saturated heterocycles. The average molecular weight is 268 g/mol. The maximum Gasteiger partial charge on any atom is 0.231 e. The van der Waals surface area contributed by atoms with Gasteiger partial charge in [0.2, 0.25) is 5.91 Å². The van der Waals surface area contributed by atoms with Crippen LogP contribution in [0.4, 0.5) is 5.69 Å². The number of hydrogen-bond donors (Lipinski definition) is 1. The number of benzene rings is 1. The molecule has 0 fully saturated rings. The lowest BCUT2D eigenvalue weighted by Crippen LogP contribution is -2.32. The third-order valence-electron chi connectivity index (χ3n) is 2.98. The van der Waals surface area contributed by atoms with Crippen molar-refractivity contribution in [2.24, 2.45) is 5.41 Å². The zero-order valence-corrected chi connectivity index (χ0v) is 12.2. The van der Waals surface area contributed by atoms with Crippen LogP contribution in [0.2, 0.25) is 0 Å². The van der Waals surface area contributed by atoms with E-state index in [9.17, 15) is 4.79 Å². The van der Waals surface area contributed by atoms with Gasteiger partial charge in [-0.15, -0.1) is 11.6 Å². The fraction of sp³-hybridized carbons (Fsp3) is 0.533. The molecule has 0 atom stereocenters. The number of aryl methyl sites for hydroxylation is 1. The molecule has 0 unspecified atom stereocenters. The molecule has 100 valence electrons. The molecule has 0 bridgehead atoms. The van der Waals surface area contributed by atoms with Gasteiger partial charge in [-0.3, -0.25) is 4.79 Å². The van der Waals surface area contributed by atoms with Gasteiger partial charge < -0.3 is 5.32 Å². The van der Waals surface area contributed by atoms with Crippen molar-refractivity contribution in [3.05, 3.63) is 29.8 Å². The van der Waals surface area contributed by atoms with Crippen LogP contribution in [0, 0.1) is 5.41 Å². The van der Waals surface area contributed by atoms with Crippen molar-refractivity contribution in [1.29, 1.82) is 0 Å². The number of amides is 1. The quantitative estimate of drug-likeness (QED) is 0.768. The molecule has 0 saturated carbocycles. The predicted octanol–water partition coefficient (Wildman–Crippen LogP) is 4.23. The van der Waals surface area contributed by atoms with Crippen LogP contribution in [0.3, 0.4) is 0 Å². The zero-order valence-electron chi connectivity index (χ0n) is 11.4. The first-order valence-electron chi connectivity index (χ1n) is 6.46. The van der Waals surface area contributed by atoms with Crippen LogP contribution in [0.5, 0.6) is 0 Å². The van der Waals surface area contributed by atoms with Gasteiger partial charge in [-0.1, -0.05) is 25.5 Å². The van der Waals surface area contributed by atoms with Gasteiger partial charge in [0, 0.05) is 11.6 Å². The Bertz CT molecular complexity index is 384. The summed E-state index contributed by atoms with van der Waals surface area (Å²) in [5.41, 5.74) is 1.60. The minimum absolute atomic E-state index is 0.0428. The first-order chi connectivity index (χ1) is 8.49. The number of halogens is 1. The lowest BCUT2D eigenvalue weighted by molar-refractivity contribution is -0.122. The Kier molecular flexibility index (Phi) is 5.67. The number of carbonyl (C=O) groups excluding carboxylic acids is 1. The molecular formula is C15H22ClNO. The van der Waals surface area contributed by atoms with Gasteiger partial charge in [0.15, 0.2) is 0 Å². The molecular weight excluding hydrogens is 246 g/mol. The van der Waals surface area contributed by atoms with Crippen molar-refractivity contribution >= 4 is 23.2 Å². The van der Waals surface area contributed by atoms with Gasteiger partial charge in [-0.25, -0.2) is 0 Å². The molecule has 1 aromatic rings. The van der Waals surface area contributed by atoms with Crippen molar-refractivity contribution in [2.45, 2.75) is 40.0 Å². The summed E-state index contributed by atoms with van der Waals surface area (Å²) in [5, 5.41) is 2.89. The van der Waals surface area contributed by atoms with Crippen LogP contribution in [-0.2, 0) is 11.2 Å². The summed E-state index contributed by atoms with van der Waals surface area (Å²) < 4.78 is 0. The number of nitrogens with one attached hydrogen (secondary N) is 1. The topological polar surface area (TPSA) is 29.1 Å². The molecule has 0 aromatic heterocycles. The van der Waals surface area contributed by atoms with E-state index in [2.05, 4.69) is 24.4 Å². The normalized spacial score (nSPS) is 11.3. The smallest absolute Gasteiger partial charge is 0.231 e. The third-order valence-corrected chi connectivity index (χ3v) is 3.65. The molecule has 0 aliphatic rings. The van der Waals surface area contributed by atoms with Crippen molar-refractivity contribution in [2.75, 3.05) is 11.2 Å². The minimum Gasteiger partial charge on any atom is -0.326 e. The Morgan fingerprint density at radius 2 is 1.89 bits per heavy atom. The third kappa shape index (κ3) is 4.34. The number of hydrogen-bond acceptors (Lipinski definition) is 1. The van der Waals surface area contributed by atoms with Crippen molar-refractivity contribution in [3.63, 3.8) is 0 Å². The van der Waals surface area contributed by atoms with Gasteiger partial charge in [-0.05, 0) is 44.4 Å². The van der Waals surface area contributed by atoms with Gasteiger partial charge in [-0.2, -0.15) is 0 Å². The molecule has 1 amide bonds. The number of rotatable bonds is 6. The van der Waals surface area contributed by atoms with Crippen LogP contribution in [0.15, 0.2) is 24.3 Å². The van der Waals surface area contributed by atoms with E-state index in [0.717, 1.165) is 12.1 Å². The van der Waals surface area contributed by atoms with E-state index in [-0.39, 0.29) is 5.91 Å². The summed E-state index contributed by atoms with van der Waals surface area (Å²) in [6.45, 7) is 5.86. The maximum absolute atomic E-state index is 11.9. The van der Waals surface area contributed by atoms with E-state index in [4.69, 9.17) is 11.6 Å². The van der Waals surface area contributed by atoms with Crippen molar-refractivity contribution in [1.82, 2.24) is 0 Å². The number of unbranched alkanes of at least 4 members (excludes halogenated alkanes) is 1. The first kappa shape index (κ1) is 15.0. The summed E-state index contributed by atoms with van der Waals surface area (Å²) in [7, 11) is 0. The summed E-state index contributed by atoms with van der Waals surface area (Å²) >= 11 is 5.78. The number of carbonyl (C=O) groups is 1.